The Morgan fingerprint density at radius 2 is 2.14 bits per heavy atom. The zero-order valence-electron chi connectivity index (χ0n) is 8.80. The second-order valence-electron chi connectivity index (χ2n) is 4.24. The molecule has 1 saturated heterocycles. The molecule has 0 aromatic carbocycles. The summed E-state index contributed by atoms with van der Waals surface area (Å²) in [5, 5.41) is 9.76. The Bertz CT molecular complexity index is 240. The average molecular weight is 199 g/mol. The number of aliphatic hydroxyl groups is 1. The molecule has 80 valence electrons. The minimum Gasteiger partial charge on any atom is -0.373 e. The van der Waals surface area contributed by atoms with Gasteiger partial charge in [0.05, 0.1) is 6.04 Å². The highest BCUT2D eigenvalue weighted by Gasteiger charge is 2.40. The molecule has 4 nitrogen and oxygen atoms in total. The van der Waals surface area contributed by atoms with Crippen molar-refractivity contribution in [1.29, 1.82) is 0 Å². The predicted octanol–water partition coefficient (Wildman–Crippen LogP) is 0.397. The van der Waals surface area contributed by atoms with Gasteiger partial charge in [-0.3, -0.25) is 4.79 Å². The fraction of sp³-hybridized carbons (Fsp3) is 0.800. The fourth-order valence-electron chi connectivity index (χ4n) is 1.76. The third-order valence-corrected chi connectivity index (χ3v) is 2.67. The van der Waals surface area contributed by atoms with Crippen LogP contribution in [0.5, 0.6) is 0 Å². The third-order valence-electron chi connectivity index (χ3n) is 2.67. The highest BCUT2D eigenvalue weighted by Crippen LogP contribution is 2.26. The van der Waals surface area contributed by atoms with Crippen molar-refractivity contribution < 1.29 is 14.7 Å². The Morgan fingerprint density at radius 3 is 2.57 bits per heavy atom. The first-order valence-electron chi connectivity index (χ1n) is 4.94. The lowest BCUT2D eigenvalue weighted by molar-refractivity contribution is -0.146. The Balaban J connectivity index is 2.83. The van der Waals surface area contributed by atoms with Gasteiger partial charge in [-0.2, -0.15) is 0 Å². The molecule has 2 unspecified atom stereocenters. The van der Waals surface area contributed by atoms with Crippen molar-refractivity contribution in [2.45, 2.75) is 39.5 Å². The Hall–Kier alpha value is -0.900. The molecular formula is C10H17NO3. The van der Waals surface area contributed by atoms with Gasteiger partial charge in [0.25, 0.3) is 0 Å². The van der Waals surface area contributed by atoms with Gasteiger partial charge in [0.2, 0.25) is 5.91 Å². The zero-order valence-corrected chi connectivity index (χ0v) is 8.80. The zero-order chi connectivity index (χ0) is 10.9. The van der Waals surface area contributed by atoms with Gasteiger partial charge >= 0.3 is 0 Å². The highest BCUT2D eigenvalue weighted by molar-refractivity contribution is 5.85. The summed E-state index contributed by atoms with van der Waals surface area (Å²) in [7, 11) is 0. The smallest absolute Gasteiger partial charge is 0.228 e. The first-order chi connectivity index (χ1) is 6.49. The maximum absolute atomic E-state index is 11.6. The van der Waals surface area contributed by atoms with Crippen LogP contribution >= 0.6 is 0 Å². The molecule has 4 heteroatoms. The molecule has 1 aliphatic rings. The SMILES string of the molecule is CC1CC(C=O)N([C@@H](O)C(C)C)C1=O. The lowest BCUT2D eigenvalue weighted by Crippen LogP contribution is -2.45. The maximum atomic E-state index is 11.6. The predicted molar refractivity (Wildman–Crippen MR) is 51.3 cm³/mol. The van der Waals surface area contributed by atoms with Crippen LogP contribution in [0.4, 0.5) is 0 Å². The molecule has 1 heterocycles. The third kappa shape index (κ3) is 1.80. The molecule has 0 radical (unpaired) electrons. The molecule has 0 saturated carbocycles. The van der Waals surface area contributed by atoms with E-state index >= 15 is 0 Å². The molecule has 0 spiro atoms. The number of amides is 1. The van der Waals surface area contributed by atoms with Crippen molar-refractivity contribution >= 4 is 12.2 Å². The maximum Gasteiger partial charge on any atom is 0.228 e. The largest absolute Gasteiger partial charge is 0.373 e. The number of carbonyl (C=O) groups excluding carboxylic acids is 2. The quantitative estimate of drug-likeness (QED) is 0.669. The van der Waals surface area contributed by atoms with Gasteiger partial charge in [-0.05, 0) is 12.3 Å². The van der Waals surface area contributed by atoms with E-state index in [0.29, 0.717) is 6.42 Å². The van der Waals surface area contributed by atoms with Crippen molar-refractivity contribution in [2.75, 3.05) is 0 Å². The summed E-state index contributed by atoms with van der Waals surface area (Å²) in [6, 6.07) is -0.449. The van der Waals surface area contributed by atoms with Crippen molar-refractivity contribution in [3.05, 3.63) is 0 Å². The number of hydrogen-bond donors (Lipinski definition) is 1. The minimum atomic E-state index is -0.845. The highest BCUT2D eigenvalue weighted by atomic mass is 16.3. The molecule has 1 rings (SSSR count). The molecule has 1 fully saturated rings. The number of nitrogens with zero attached hydrogens (tertiary/aromatic N) is 1. The van der Waals surface area contributed by atoms with Crippen LogP contribution < -0.4 is 0 Å². The molecule has 0 bridgehead atoms. The van der Waals surface area contributed by atoms with Crippen molar-refractivity contribution in [1.82, 2.24) is 4.90 Å². The van der Waals surface area contributed by atoms with E-state index in [-0.39, 0.29) is 17.7 Å². The van der Waals surface area contributed by atoms with Gasteiger partial charge in [-0.25, -0.2) is 0 Å². The molecular weight excluding hydrogens is 182 g/mol. The van der Waals surface area contributed by atoms with Gasteiger partial charge in [0, 0.05) is 5.92 Å². The van der Waals surface area contributed by atoms with E-state index in [1.807, 2.05) is 13.8 Å². The number of aliphatic hydroxyl groups excluding tert-OH is 1. The molecule has 0 aromatic heterocycles. The monoisotopic (exact) mass is 199 g/mol. The van der Waals surface area contributed by atoms with Crippen LogP contribution in [0.3, 0.4) is 0 Å². The molecule has 0 aromatic rings. The van der Waals surface area contributed by atoms with E-state index in [9.17, 15) is 14.7 Å². The first kappa shape index (κ1) is 11.2. The molecule has 3 atom stereocenters. The normalized spacial score (nSPS) is 29.8. The topological polar surface area (TPSA) is 57.6 Å². The molecule has 1 amide bonds. The van der Waals surface area contributed by atoms with Crippen molar-refractivity contribution in [2.24, 2.45) is 11.8 Å². The van der Waals surface area contributed by atoms with E-state index in [2.05, 4.69) is 0 Å². The molecule has 1 aliphatic heterocycles. The fourth-order valence-corrected chi connectivity index (χ4v) is 1.76. The number of hydrogen-bond acceptors (Lipinski definition) is 3. The summed E-state index contributed by atoms with van der Waals surface area (Å²) >= 11 is 0. The Labute approximate surface area is 83.9 Å². The molecule has 1 N–H and O–H groups in total. The standard InChI is InChI=1S/C10H17NO3/c1-6(2)9(13)11-8(5-12)4-7(3)10(11)14/h5-9,13H,4H2,1-3H3/t7?,8?,9-/m0/s1. The number of carbonyl (C=O) groups is 2. The second kappa shape index (κ2) is 4.09. The van der Waals surface area contributed by atoms with Crippen LogP contribution in [0.1, 0.15) is 27.2 Å². The van der Waals surface area contributed by atoms with Crippen LogP contribution in [-0.4, -0.2) is 34.5 Å². The average Bonchev–Trinajstić information content (AvgIpc) is 2.42. The summed E-state index contributed by atoms with van der Waals surface area (Å²) in [4.78, 5) is 23.7. The summed E-state index contributed by atoms with van der Waals surface area (Å²) in [5.74, 6) is -0.325. The number of rotatable bonds is 3. The van der Waals surface area contributed by atoms with Crippen LogP contribution in [-0.2, 0) is 9.59 Å². The Morgan fingerprint density at radius 1 is 1.57 bits per heavy atom. The summed E-state index contributed by atoms with van der Waals surface area (Å²) < 4.78 is 0. The first-order valence-corrected chi connectivity index (χ1v) is 4.94. The van der Waals surface area contributed by atoms with Crippen LogP contribution in [0.2, 0.25) is 0 Å². The molecule has 0 aliphatic carbocycles. The summed E-state index contributed by atoms with van der Waals surface area (Å²) in [6.07, 6.45) is 0.418. The van der Waals surface area contributed by atoms with Crippen molar-refractivity contribution in [3.63, 3.8) is 0 Å². The van der Waals surface area contributed by atoms with Crippen LogP contribution in [0, 0.1) is 11.8 Å². The van der Waals surface area contributed by atoms with E-state index in [0.717, 1.165) is 6.29 Å². The lowest BCUT2D eigenvalue weighted by atomic mass is 10.1. The van der Waals surface area contributed by atoms with Gasteiger partial charge in [-0.15, -0.1) is 0 Å². The van der Waals surface area contributed by atoms with E-state index in [4.69, 9.17) is 0 Å². The Kier molecular flexibility index (Phi) is 3.26. The number of likely N-dealkylation sites (tertiary alicyclic amines) is 1. The van der Waals surface area contributed by atoms with Gasteiger partial charge in [0.1, 0.15) is 12.5 Å². The van der Waals surface area contributed by atoms with Gasteiger partial charge < -0.3 is 14.8 Å². The van der Waals surface area contributed by atoms with Crippen LogP contribution in [0.15, 0.2) is 0 Å². The van der Waals surface area contributed by atoms with Crippen molar-refractivity contribution in [3.8, 4) is 0 Å². The summed E-state index contributed by atoms with van der Waals surface area (Å²) in [6.45, 7) is 5.43. The molecule has 14 heavy (non-hydrogen) atoms. The minimum absolute atomic E-state index is 0.0494. The van der Waals surface area contributed by atoms with Crippen LogP contribution in [0.25, 0.3) is 0 Å². The second-order valence-corrected chi connectivity index (χ2v) is 4.24. The van der Waals surface area contributed by atoms with E-state index < -0.39 is 12.3 Å². The lowest BCUT2D eigenvalue weighted by Gasteiger charge is -2.29. The van der Waals surface area contributed by atoms with Gasteiger partial charge in [-0.1, -0.05) is 20.8 Å². The number of aldehydes is 1. The van der Waals surface area contributed by atoms with E-state index in [1.54, 1.807) is 6.92 Å². The van der Waals surface area contributed by atoms with Gasteiger partial charge in [0.15, 0.2) is 0 Å². The summed E-state index contributed by atoms with van der Waals surface area (Å²) in [5.41, 5.74) is 0. The van der Waals surface area contributed by atoms with E-state index in [1.165, 1.54) is 4.90 Å².